The number of piperidine rings is 1. The average molecular weight is 471 g/mol. The highest BCUT2D eigenvalue weighted by Crippen LogP contribution is 2.42. The molecule has 2 aromatic carbocycles. The standard InChI is InChI=1S/C25H34N4O3S/c1-18-14-21-16-23(27-33(30,31)28-11-5-6-12-28)17-22(25(21)32-18)15-20-10-7-13-29(26)24(20)19-8-3-2-4-9-19/h2-4,8-9,16-18,20,24,27H,5-7,10-15,26H2,1H3/t18-,20-,24?/m0/s1. The first-order valence-corrected chi connectivity index (χ1v) is 13.5. The van der Waals surface area contributed by atoms with Crippen molar-refractivity contribution in [1.82, 2.24) is 9.31 Å². The zero-order valence-electron chi connectivity index (χ0n) is 19.2. The van der Waals surface area contributed by atoms with Crippen molar-refractivity contribution in [3.63, 3.8) is 0 Å². The number of benzene rings is 2. The lowest BCUT2D eigenvalue weighted by molar-refractivity contribution is 0.0921. The van der Waals surface area contributed by atoms with Crippen molar-refractivity contribution in [2.75, 3.05) is 24.4 Å². The normalized spacial score (nSPS) is 26.2. The molecule has 2 saturated heterocycles. The number of rotatable bonds is 6. The van der Waals surface area contributed by atoms with Gasteiger partial charge in [-0.25, -0.2) is 5.01 Å². The summed E-state index contributed by atoms with van der Waals surface area (Å²) >= 11 is 0. The van der Waals surface area contributed by atoms with Crippen LogP contribution in [-0.2, 0) is 23.1 Å². The molecule has 0 spiro atoms. The maximum Gasteiger partial charge on any atom is 0.301 e. The zero-order valence-corrected chi connectivity index (χ0v) is 20.1. The molecule has 0 aromatic heterocycles. The lowest BCUT2D eigenvalue weighted by atomic mass is 9.81. The van der Waals surface area contributed by atoms with Crippen LogP contribution in [0.1, 0.15) is 55.3 Å². The van der Waals surface area contributed by atoms with E-state index < -0.39 is 10.2 Å². The number of anilines is 1. The smallest absolute Gasteiger partial charge is 0.301 e. The summed E-state index contributed by atoms with van der Waals surface area (Å²) in [6.07, 6.45) is 5.62. The Morgan fingerprint density at radius 2 is 1.85 bits per heavy atom. The van der Waals surface area contributed by atoms with E-state index in [9.17, 15) is 8.42 Å². The molecule has 0 aliphatic carbocycles. The minimum Gasteiger partial charge on any atom is -0.490 e. The van der Waals surface area contributed by atoms with Gasteiger partial charge in [-0.05, 0) is 68.2 Å². The van der Waals surface area contributed by atoms with E-state index in [-0.39, 0.29) is 12.1 Å². The van der Waals surface area contributed by atoms with Gasteiger partial charge in [0.15, 0.2) is 0 Å². The van der Waals surface area contributed by atoms with E-state index in [1.807, 2.05) is 23.2 Å². The SMILES string of the molecule is C[C@H]1Cc2cc(NS(=O)(=O)N3CCCC3)cc(C[C@@H]3CCCN(N)C3c3ccccc3)c2O1. The van der Waals surface area contributed by atoms with E-state index in [0.717, 1.165) is 61.9 Å². The summed E-state index contributed by atoms with van der Waals surface area (Å²) in [5, 5.41) is 1.97. The van der Waals surface area contributed by atoms with Gasteiger partial charge in [-0.3, -0.25) is 10.6 Å². The van der Waals surface area contributed by atoms with Crippen molar-refractivity contribution in [3.05, 3.63) is 59.2 Å². The molecule has 7 nitrogen and oxygen atoms in total. The minimum absolute atomic E-state index is 0.0893. The molecule has 1 unspecified atom stereocenters. The van der Waals surface area contributed by atoms with Crippen molar-refractivity contribution in [3.8, 4) is 5.75 Å². The maximum atomic E-state index is 12.9. The predicted molar refractivity (Wildman–Crippen MR) is 130 cm³/mol. The van der Waals surface area contributed by atoms with Crippen molar-refractivity contribution in [2.24, 2.45) is 11.8 Å². The van der Waals surface area contributed by atoms with Crippen LogP contribution in [0.4, 0.5) is 5.69 Å². The Hall–Kier alpha value is -2.13. The van der Waals surface area contributed by atoms with Crippen molar-refractivity contribution in [1.29, 1.82) is 0 Å². The van der Waals surface area contributed by atoms with Crippen molar-refractivity contribution >= 4 is 15.9 Å². The van der Waals surface area contributed by atoms with E-state index in [2.05, 4.69) is 35.9 Å². The predicted octanol–water partition coefficient (Wildman–Crippen LogP) is 3.63. The summed E-state index contributed by atoms with van der Waals surface area (Å²) < 4.78 is 36.4. The average Bonchev–Trinajstić information content (AvgIpc) is 3.44. The van der Waals surface area contributed by atoms with Crippen LogP contribution in [0.5, 0.6) is 5.75 Å². The topological polar surface area (TPSA) is 87.9 Å². The summed E-state index contributed by atoms with van der Waals surface area (Å²) in [5.41, 5.74) is 4.00. The molecule has 3 aliphatic rings. The molecule has 3 atom stereocenters. The molecule has 8 heteroatoms. The summed E-state index contributed by atoms with van der Waals surface area (Å²) in [7, 11) is -3.54. The van der Waals surface area contributed by atoms with Crippen LogP contribution in [0.15, 0.2) is 42.5 Å². The number of nitrogens with two attached hydrogens (primary N) is 1. The Morgan fingerprint density at radius 3 is 2.61 bits per heavy atom. The summed E-state index contributed by atoms with van der Waals surface area (Å²) in [6.45, 7) is 4.10. The van der Waals surface area contributed by atoms with Gasteiger partial charge in [-0.15, -0.1) is 0 Å². The number of hydrazine groups is 1. The van der Waals surface area contributed by atoms with Crippen LogP contribution in [0, 0.1) is 5.92 Å². The molecule has 0 saturated carbocycles. The number of hydrogen-bond donors (Lipinski definition) is 2. The third-order valence-electron chi connectivity index (χ3n) is 7.14. The summed E-state index contributed by atoms with van der Waals surface area (Å²) in [4.78, 5) is 0. The third kappa shape index (κ3) is 4.75. The van der Waals surface area contributed by atoms with Crippen LogP contribution in [0.2, 0.25) is 0 Å². The van der Waals surface area contributed by atoms with Crippen molar-refractivity contribution < 1.29 is 13.2 Å². The quantitative estimate of drug-likeness (QED) is 0.630. The van der Waals surface area contributed by atoms with Crippen LogP contribution in [0.25, 0.3) is 0 Å². The largest absolute Gasteiger partial charge is 0.490 e. The first-order chi connectivity index (χ1) is 15.9. The van der Waals surface area contributed by atoms with Gasteiger partial charge >= 0.3 is 10.2 Å². The Balaban J connectivity index is 1.45. The van der Waals surface area contributed by atoms with E-state index in [0.29, 0.717) is 24.7 Å². The second kappa shape index (κ2) is 9.25. The van der Waals surface area contributed by atoms with Crippen LogP contribution < -0.4 is 15.3 Å². The van der Waals surface area contributed by atoms with Crippen molar-refractivity contribution in [2.45, 2.75) is 57.6 Å². The van der Waals surface area contributed by atoms with E-state index in [1.54, 1.807) is 0 Å². The first kappa shape index (κ1) is 22.7. The Kier molecular flexibility index (Phi) is 6.35. The molecule has 2 aromatic rings. The van der Waals surface area contributed by atoms with Gasteiger partial charge in [0.1, 0.15) is 11.9 Å². The minimum atomic E-state index is -3.54. The number of nitrogens with one attached hydrogen (secondary N) is 1. The monoisotopic (exact) mass is 470 g/mol. The van der Waals surface area contributed by atoms with Gasteiger partial charge in [0, 0.05) is 31.6 Å². The molecule has 3 heterocycles. The lowest BCUT2D eigenvalue weighted by Crippen LogP contribution is -2.44. The van der Waals surface area contributed by atoms with Gasteiger partial charge in [0.25, 0.3) is 0 Å². The van der Waals surface area contributed by atoms with Gasteiger partial charge in [0.2, 0.25) is 0 Å². The highest BCUT2D eigenvalue weighted by Gasteiger charge is 2.34. The summed E-state index contributed by atoms with van der Waals surface area (Å²) in [5.74, 6) is 7.72. The Morgan fingerprint density at radius 1 is 1.09 bits per heavy atom. The molecule has 3 aliphatic heterocycles. The highest BCUT2D eigenvalue weighted by atomic mass is 32.2. The molecular formula is C25H34N4O3S. The molecule has 2 fully saturated rings. The number of fused-ring (bicyclic) bond motifs is 1. The molecular weight excluding hydrogens is 436 g/mol. The van der Waals surface area contributed by atoms with E-state index in [4.69, 9.17) is 10.6 Å². The van der Waals surface area contributed by atoms with Gasteiger partial charge in [0.05, 0.1) is 11.7 Å². The fourth-order valence-corrected chi connectivity index (χ4v) is 6.96. The molecule has 33 heavy (non-hydrogen) atoms. The second-order valence-corrected chi connectivity index (χ2v) is 11.3. The Bertz CT molecular complexity index is 1090. The van der Waals surface area contributed by atoms with Crippen LogP contribution in [-0.4, -0.2) is 43.5 Å². The van der Waals surface area contributed by atoms with Gasteiger partial charge < -0.3 is 4.74 Å². The number of hydrogen-bond acceptors (Lipinski definition) is 5. The number of ether oxygens (including phenoxy) is 1. The Labute approximate surface area is 197 Å². The van der Waals surface area contributed by atoms with E-state index in [1.165, 1.54) is 9.87 Å². The zero-order chi connectivity index (χ0) is 23.0. The maximum absolute atomic E-state index is 12.9. The van der Waals surface area contributed by atoms with Crippen LogP contribution >= 0.6 is 0 Å². The third-order valence-corrected chi connectivity index (χ3v) is 8.68. The molecule has 0 amide bonds. The molecule has 5 rings (SSSR count). The van der Waals surface area contributed by atoms with Crippen LogP contribution in [0.3, 0.4) is 0 Å². The molecule has 178 valence electrons. The molecule has 0 radical (unpaired) electrons. The molecule has 0 bridgehead atoms. The van der Waals surface area contributed by atoms with Gasteiger partial charge in [-0.2, -0.15) is 12.7 Å². The second-order valence-electron chi connectivity index (χ2n) is 9.67. The highest BCUT2D eigenvalue weighted by molar-refractivity contribution is 7.90. The first-order valence-electron chi connectivity index (χ1n) is 12.1. The summed E-state index contributed by atoms with van der Waals surface area (Å²) in [6, 6.07) is 14.5. The fraction of sp³-hybridized carbons (Fsp3) is 0.520. The number of nitrogens with zero attached hydrogens (tertiary/aromatic N) is 2. The molecule has 3 N–H and O–H groups in total. The lowest BCUT2D eigenvalue weighted by Gasteiger charge is -2.39. The fourth-order valence-electron chi connectivity index (χ4n) is 5.68. The van der Waals surface area contributed by atoms with Gasteiger partial charge in [-0.1, -0.05) is 30.3 Å². The van der Waals surface area contributed by atoms with E-state index >= 15 is 0 Å².